The summed E-state index contributed by atoms with van der Waals surface area (Å²) >= 11 is 0. The molecular weight excluding hydrogens is 703 g/mol. The highest BCUT2D eigenvalue weighted by atomic mass is 16.5. The van der Waals surface area contributed by atoms with E-state index >= 15 is 0 Å². The topological polar surface area (TPSA) is 12.5 Å². The van der Waals surface area contributed by atoms with Gasteiger partial charge in [-0.25, -0.2) is 0 Å². The molecule has 7 aliphatic rings. The van der Waals surface area contributed by atoms with Crippen LogP contribution in [0.3, 0.4) is 0 Å². The molecule has 0 saturated heterocycles. The minimum absolute atomic E-state index is 0.00531. The molecule has 5 atom stereocenters. The molecular formula is C56H55NO. The Morgan fingerprint density at radius 2 is 1.28 bits per heavy atom. The highest BCUT2D eigenvalue weighted by Crippen LogP contribution is 2.73. The third-order valence-corrected chi connectivity index (χ3v) is 16.5. The lowest BCUT2D eigenvalue weighted by atomic mass is 9.56. The van der Waals surface area contributed by atoms with Crippen molar-refractivity contribution in [2.75, 3.05) is 4.90 Å². The molecule has 290 valence electrons. The monoisotopic (exact) mass is 757 g/mol. The van der Waals surface area contributed by atoms with Crippen LogP contribution in [0.25, 0.3) is 22.3 Å². The normalized spacial score (nSPS) is 26.7. The van der Waals surface area contributed by atoms with Gasteiger partial charge in [-0.1, -0.05) is 139 Å². The van der Waals surface area contributed by atoms with Crippen LogP contribution in [0, 0.1) is 23.7 Å². The smallest absolute Gasteiger partial charge is 0.141 e. The zero-order valence-electron chi connectivity index (χ0n) is 35.0. The number of hydrogen-bond donors (Lipinski definition) is 0. The molecule has 1 heterocycles. The Morgan fingerprint density at radius 3 is 2.10 bits per heavy atom. The molecule has 4 bridgehead atoms. The molecule has 58 heavy (non-hydrogen) atoms. The molecule has 6 aromatic rings. The van der Waals surface area contributed by atoms with Crippen LogP contribution in [-0.2, 0) is 21.7 Å². The van der Waals surface area contributed by atoms with Crippen molar-refractivity contribution in [2.45, 2.75) is 102 Å². The van der Waals surface area contributed by atoms with Crippen molar-refractivity contribution in [1.82, 2.24) is 0 Å². The van der Waals surface area contributed by atoms with Crippen LogP contribution in [0.5, 0.6) is 11.5 Å². The predicted octanol–water partition coefficient (Wildman–Crippen LogP) is 14.9. The van der Waals surface area contributed by atoms with E-state index in [9.17, 15) is 0 Å². The minimum Gasteiger partial charge on any atom is -0.456 e. The van der Waals surface area contributed by atoms with Gasteiger partial charge >= 0.3 is 0 Å². The second kappa shape index (κ2) is 11.8. The van der Waals surface area contributed by atoms with Crippen LogP contribution >= 0.6 is 0 Å². The first kappa shape index (κ1) is 34.9. The van der Waals surface area contributed by atoms with Crippen LogP contribution in [-0.4, -0.2) is 0 Å². The molecule has 4 fully saturated rings. The molecule has 0 amide bonds. The molecule has 13 rings (SSSR count). The highest BCUT2D eigenvalue weighted by Gasteiger charge is 2.66. The molecule has 1 spiro atoms. The molecule has 0 radical (unpaired) electrons. The summed E-state index contributed by atoms with van der Waals surface area (Å²) in [6, 6.07) is 48.9. The lowest BCUT2D eigenvalue weighted by Gasteiger charge is -2.49. The van der Waals surface area contributed by atoms with Crippen molar-refractivity contribution in [3.63, 3.8) is 0 Å². The van der Waals surface area contributed by atoms with Gasteiger partial charge in [0.25, 0.3) is 0 Å². The number of hydrogen-bond acceptors (Lipinski definition) is 2. The molecule has 5 unspecified atom stereocenters. The van der Waals surface area contributed by atoms with E-state index in [0.29, 0.717) is 11.8 Å². The number of rotatable bonds is 4. The second-order valence-electron chi connectivity index (χ2n) is 20.7. The maximum absolute atomic E-state index is 7.44. The largest absolute Gasteiger partial charge is 0.456 e. The summed E-state index contributed by atoms with van der Waals surface area (Å²) in [5, 5.41) is 0. The number of para-hydroxylation sites is 1. The molecule has 0 N–H and O–H groups in total. The number of fused-ring (bicyclic) bond motifs is 6. The summed E-state index contributed by atoms with van der Waals surface area (Å²) in [5.41, 5.74) is 17.3. The Balaban J connectivity index is 1.17. The van der Waals surface area contributed by atoms with E-state index in [-0.39, 0.29) is 21.7 Å². The molecule has 2 heteroatoms. The van der Waals surface area contributed by atoms with E-state index in [1.165, 1.54) is 105 Å². The minimum atomic E-state index is -0.122. The van der Waals surface area contributed by atoms with Crippen LogP contribution in [0.1, 0.15) is 113 Å². The van der Waals surface area contributed by atoms with Gasteiger partial charge in [0.05, 0.1) is 11.4 Å². The van der Waals surface area contributed by atoms with E-state index in [1.807, 2.05) is 0 Å². The predicted molar refractivity (Wildman–Crippen MR) is 239 cm³/mol. The fraction of sp³-hybridized carbons (Fsp3) is 0.357. The van der Waals surface area contributed by atoms with Gasteiger partial charge in [-0.05, 0) is 142 Å². The average Bonchev–Trinajstić information content (AvgIpc) is 3.74. The molecule has 6 aliphatic carbocycles. The maximum atomic E-state index is 7.44. The van der Waals surface area contributed by atoms with Gasteiger partial charge in [0.1, 0.15) is 11.5 Å². The fourth-order valence-corrected chi connectivity index (χ4v) is 14.0. The Morgan fingerprint density at radius 1 is 0.552 bits per heavy atom. The zero-order chi connectivity index (χ0) is 39.3. The van der Waals surface area contributed by atoms with Gasteiger partial charge in [-0.15, -0.1) is 0 Å². The van der Waals surface area contributed by atoms with E-state index in [0.717, 1.165) is 29.8 Å². The zero-order valence-corrected chi connectivity index (χ0v) is 35.0. The molecule has 1 aliphatic heterocycles. The van der Waals surface area contributed by atoms with Crippen molar-refractivity contribution < 1.29 is 4.74 Å². The summed E-state index contributed by atoms with van der Waals surface area (Å²) < 4.78 is 7.44. The molecule has 4 saturated carbocycles. The third kappa shape index (κ3) is 4.50. The number of nitrogens with zero attached hydrogens (tertiary/aromatic N) is 1. The van der Waals surface area contributed by atoms with Gasteiger partial charge in [-0.3, -0.25) is 0 Å². The summed E-state index contributed by atoms with van der Waals surface area (Å²) in [5.74, 6) is 5.13. The highest BCUT2D eigenvalue weighted by molar-refractivity contribution is 5.95. The van der Waals surface area contributed by atoms with Crippen molar-refractivity contribution in [2.24, 2.45) is 23.7 Å². The number of anilines is 3. The fourth-order valence-electron chi connectivity index (χ4n) is 14.0. The van der Waals surface area contributed by atoms with Crippen molar-refractivity contribution >= 4 is 17.1 Å². The lowest BCUT2D eigenvalue weighted by Crippen LogP contribution is -2.44. The molecule has 6 aromatic carbocycles. The van der Waals surface area contributed by atoms with Crippen molar-refractivity contribution in [3.05, 3.63) is 161 Å². The third-order valence-electron chi connectivity index (χ3n) is 16.5. The lowest BCUT2D eigenvalue weighted by molar-refractivity contribution is 0.173. The average molecular weight is 758 g/mol. The Bertz CT molecular complexity index is 2680. The number of benzene rings is 6. The Hall–Kier alpha value is -5.08. The SMILES string of the molecule is CC1(C)CCC(C)(C)c2c(N(c3ccc4c(c3)C(C)(C)c3ccccc3-4)c3ccc4c(c3-c3ccccc3)Oc3ccccc3C43C4CC5CC(C4)C3C5)cccc21. The van der Waals surface area contributed by atoms with Crippen molar-refractivity contribution in [3.8, 4) is 33.8 Å². The van der Waals surface area contributed by atoms with Crippen LogP contribution in [0.15, 0.2) is 127 Å². The van der Waals surface area contributed by atoms with E-state index < -0.39 is 0 Å². The first-order valence-corrected chi connectivity index (χ1v) is 22.2. The van der Waals surface area contributed by atoms with Gasteiger partial charge in [0.2, 0.25) is 0 Å². The van der Waals surface area contributed by atoms with E-state index in [2.05, 4.69) is 174 Å². The van der Waals surface area contributed by atoms with Crippen LogP contribution in [0.4, 0.5) is 17.1 Å². The Labute approximate surface area is 345 Å². The van der Waals surface area contributed by atoms with E-state index in [4.69, 9.17) is 4.74 Å². The van der Waals surface area contributed by atoms with Gasteiger partial charge in [0, 0.05) is 33.2 Å². The summed E-state index contributed by atoms with van der Waals surface area (Å²) in [6.07, 6.45) is 7.75. The van der Waals surface area contributed by atoms with Crippen LogP contribution < -0.4 is 9.64 Å². The standard InChI is InChI=1S/C56H55NO/c1-53(2)27-28-54(3,4)51-43(53)20-14-21-48(51)57(38-23-24-40-39-17-10-11-18-41(39)55(5,6)46(40)33-38)47-26-25-44-52(50(47)35-15-8-7-9-16-35)58-49-22-13-12-19-42(49)56(44)37-30-34-29-36(32-37)45(56)31-34/h7-26,33-34,36-37,45H,27-32H2,1-6H3. The Kier molecular flexibility index (Phi) is 7.09. The van der Waals surface area contributed by atoms with E-state index in [1.54, 1.807) is 0 Å². The van der Waals surface area contributed by atoms with Gasteiger partial charge in [0.15, 0.2) is 0 Å². The van der Waals surface area contributed by atoms with Gasteiger partial charge in [-0.2, -0.15) is 0 Å². The van der Waals surface area contributed by atoms with Crippen LogP contribution in [0.2, 0.25) is 0 Å². The second-order valence-corrected chi connectivity index (χ2v) is 20.7. The van der Waals surface area contributed by atoms with Gasteiger partial charge < -0.3 is 9.64 Å². The number of ether oxygens (including phenoxy) is 1. The maximum Gasteiger partial charge on any atom is 0.141 e. The molecule has 2 nitrogen and oxygen atoms in total. The first-order chi connectivity index (χ1) is 28.0. The summed E-state index contributed by atoms with van der Waals surface area (Å²) in [4.78, 5) is 2.65. The first-order valence-electron chi connectivity index (χ1n) is 22.2. The quantitative estimate of drug-likeness (QED) is 0.178. The molecule has 0 aromatic heterocycles. The summed E-state index contributed by atoms with van der Waals surface area (Å²) in [6.45, 7) is 14.7. The summed E-state index contributed by atoms with van der Waals surface area (Å²) in [7, 11) is 0. The van der Waals surface area contributed by atoms with Crippen molar-refractivity contribution in [1.29, 1.82) is 0 Å².